The van der Waals surface area contributed by atoms with Crippen molar-refractivity contribution in [3.8, 4) is 0 Å². The van der Waals surface area contributed by atoms with Crippen molar-refractivity contribution in [2.45, 2.75) is 31.8 Å². The molecule has 0 bridgehead atoms. The number of hydrogen-bond donors (Lipinski definition) is 3. The number of anilines is 2. The van der Waals surface area contributed by atoms with Gasteiger partial charge in [-0.25, -0.2) is 4.98 Å². The predicted molar refractivity (Wildman–Crippen MR) is 75.9 cm³/mol. The Labute approximate surface area is 113 Å². The number of carbonyl (C=O) groups excluding carboxylic acids is 1. The molecule has 1 saturated carbocycles. The molecule has 104 valence electrons. The van der Waals surface area contributed by atoms with Crippen LogP contribution < -0.4 is 16.8 Å². The number of aromatic nitrogens is 1. The molecule has 0 saturated heterocycles. The van der Waals surface area contributed by atoms with Gasteiger partial charge in [0, 0.05) is 18.6 Å². The second-order valence-corrected chi connectivity index (χ2v) is 5.13. The van der Waals surface area contributed by atoms with Crippen molar-refractivity contribution in [3.05, 3.63) is 17.8 Å². The molecule has 1 aromatic rings. The third-order valence-corrected chi connectivity index (χ3v) is 3.56. The van der Waals surface area contributed by atoms with Crippen LogP contribution in [0, 0.1) is 0 Å². The van der Waals surface area contributed by atoms with E-state index in [0.717, 1.165) is 6.54 Å². The minimum absolute atomic E-state index is 0.222. The summed E-state index contributed by atoms with van der Waals surface area (Å²) < 4.78 is 0. The molecule has 1 unspecified atom stereocenters. The average molecular weight is 263 g/mol. The van der Waals surface area contributed by atoms with Crippen molar-refractivity contribution in [3.63, 3.8) is 0 Å². The first-order valence-corrected chi connectivity index (χ1v) is 6.51. The fourth-order valence-electron chi connectivity index (χ4n) is 1.98. The molecule has 5 N–H and O–H groups in total. The van der Waals surface area contributed by atoms with Gasteiger partial charge in [-0.3, -0.25) is 9.69 Å². The minimum atomic E-state index is -0.550. The number of primary amides is 1. The van der Waals surface area contributed by atoms with Crippen LogP contribution in [-0.4, -0.2) is 41.5 Å². The fourth-order valence-corrected chi connectivity index (χ4v) is 1.98. The summed E-state index contributed by atoms with van der Waals surface area (Å²) in [5.41, 5.74) is 11.8. The first-order chi connectivity index (χ1) is 8.99. The standard InChI is InChI=1S/C13H21N5O/c1-8(18(2)9-3-4-9)7-16-13-10(14)5-6-11(17-13)12(15)19/h5-6,8-9H,3-4,7,14H2,1-2H3,(H2,15,19)(H,16,17). The number of nitrogen functional groups attached to an aromatic ring is 1. The van der Waals surface area contributed by atoms with Gasteiger partial charge in [-0.05, 0) is 38.9 Å². The third kappa shape index (κ3) is 3.35. The zero-order chi connectivity index (χ0) is 14.0. The maximum Gasteiger partial charge on any atom is 0.267 e. The van der Waals surface area contributed by atoms with E-state index in [1.54, 1.807) is 6.07 Å². The highest BCUT2D eigenvalue weighted by Gasteiger charge is 2.28. The molecule has 2 rings (SSSR count). The van der Waals surface area contributed by atoms with Crippen molar-refractivity contribution in [1.82, 2.24) is 9.88 Å². The van der Waals surface area contributed by atoms with E-state index >= 15 is 0 Å². The van der Waals surface area contributed by atoms with Crippen LogP contribution in [0.5, 0.6) is 0 Å². The zero-order valence-corrected chi connectivity index (χ0v) is 11.4. The maximum absolute atomic E-state index is 11.1. The normalized spacial score (nSPS) is 16.4. The van der Waals surface area contributed by atoms with Crippen molar-refractivity contribution in [1.29, 1.82) is 0 Å². The second kappa shape index (κ2) is 5.44. The van der Waals surface area contributed by atoms with Crippen LogP contribution in [0.3, 0.4) is 0 Å². The van der Waals surface area contributed by atoms with Crippen LogP contribution in [0.1, 0.15) is 30.3 Å². The summed E-state index contributed by atoms with van der Waals surface area (Å²) in [5, 5.41) is 3.19. The molecule has 0 spiro atoms. The Kier molecular flexibility index (Phi) is 3.90. The van der Waals surface area contributed by atoms with E-state index in [4.69, 9.17) is 11.5 Å². The van der Waals surface area contributed by atoms with Crippen LogP contribution in [0.4, 0.5) is 11.5 Å². The van der Waals surface area contributed by atoms with Gasteiger partial charge in [-0.15, -0.1) is 0 Å². The van der Waals surface area contributed by atoms with Gasteiger partial charge in [0.2, 0.25) is 0 Å². The lowest BCUT2D eigenvalue weighted by molar-refractivity contribution is 0.0996. The van der Waals surface area contributed by atoms with Gasteiger partial charge < -0.3 is 16.8 Å². The Balaban J connectivity index is 1.98. The Morgan fingerprint density at radius 1 is 1.58 bits per heavy atom. The number of nitrogens with one attached hydrogen (secondary N) is 1. The lowest BCUT2D eigenvalue weighted by Gasteiger charge is -2.25. The van der Waals surface area contributed by atoms with Crippen molar-refractivity contribution in [2.24, 2.45) is 5.73 Å². The number of nitrogens with two attached hydrogens (primary N) is 2. The number of likely N-dealkylation sites (N-methyl/N-ethyl adjacent to an activating group) is 1. The highest BCUT2D eigenvalue weighted by atomic mass is 16.1. The monoisotopic (exact) mass is 263 g/mol. The van der Waals surface area contributed by atoms with E-state index in [0.29, 0.717) is 23.6 Å². The lowest BCUT2D eigenvalue weighted by Crippen LogP contribution is -2.36. The Bertz CT molecular complexity index is 472. The van der Waals surface area contributed by atoms with Crippen LogP contribution in [0.2, 0.25) is 0 Å². The van der Waals surface area contributed by atoms with Gasteiger partial charge in [0.05, 0.1) is 5.69 Å². The molecule has 6 nitrogen and oxygen atoms in total. The van der Waals surface area contributed by atoms with Crippen molar-refractivity contribution in [2.75, 3.05) is 24.6 Å². The number of hydrogen-bond acceptors (Lipinski definition) is 5. The van der Waals surface area contributed by atoms with Gasteiger partial charge in [-0.1, -0.05) is 0 Å². The molecule has 0 aliphatic heterocycles. The summed E-state index contributed by atoms with van der Waals surface area (Å²) in [5.74, 6) is -0.0291. The summed E-state index contributed by atoms with van der Waals surface area (Å²) in [6.07, 6.45) is 2.55. The van der Waals surface area contributed by atoms with E-state index in [2.05, 4.69) is 29.2 Å². The van der Waals surface area contributed by atoms with Gasteiger partial charge in [0.15, 0.2) is 0 Å². The molecule has 1 amide bonds. The van der Waals surface area contributed by atoms with E-state index in [-0.39, 0.29) is 5.69 Å². The SMILES string of the molecule is CC(CNc1nc(C(N)=O)ccc1N)N(C)C1CC1. The predicted octanol–water partition coefficient (Wildman–Crippen LogP) is 0.657. The van der Waals surface area contributed by atoms with Gasteiger partial charge in [0.1, 0.15) is 11.5 Å². The summed E-state index contributed by atoms with van der Waals surface area (Å²) in [7, 11) is 2.13. The zero-order valence-electron chi connectivity index (χ0n) is 11.4. The number of nitrogens with zero attached hydrogens (tertiary/aromatic N) is 2. The minimum Gasteiger partial charge on any atom is -0.396 e. The summed E-state index contributed by atoms with van der Waals surface area (Å²) in [6, 6.07) is 4.26. The molecule has 6 heteroatoms. The van der Waals surface area contributed by atoms with E-state index in [1.807, 2.05) is 0 Å². The topological polar surface area (TPSA) is 97.3 Å². The molecule has 19 heavy (non-hydrogen) atoms. The second-order valence-electron chi connectivity index (χ2n) is 5.13. The lowest BCUT2D eigenvalue weighted by atomic mass is 10.2. The number of carbonyl (C=O) groups is 1. The first kappa shape index (κ1) is 13.6. The number of pyridine rings is 1. The molecule has 1 aliphatic rings. The molecule has 1 heterocycles. The summed E-state index contributed by atoms with van der Waals surface area (Å²) in [4.78, 5) is 17.6. The van der Waals surface area contributed by atoms with E-state index in [1.165, 1.54) is 18.9 Å². The summed E-state index contributed by atoms with van der Waals surface area (Å²) >= 11 is 0. The number of amides is 1. The highest BCUT2D eigenvalue weighted by molar-refractivity contribution is 5.91. The van der Waals surface area contributed by atoms with Crippen LogP contribution in [-0.2, 0) is 0 Å². The molecule has 1 atom stereocenters. The van der Waals surface area contributed by atoms with Gasteiger partial charge in [-0.2, -0.15) is 0 Å². The van der Waals surface area contributed by atoms with E-state index in [9.17, 15) is 4.79 Å². The highest BCUT2D eigenvalue weighted by Crippen LogP contribution is 2.27. The van der Waals surface area contributed by atoms with Crippen LogP contribution in [0.25, 0.3) is 0 Å². The molecule has 1 fully saturated rings. The van der Waals surface area contributed by atoms with E-state index < -0.39 is 5.91 Å². The van der Waals surface area contributed by atoms with Gasteiger partial charge in [0.25, 0.3) is 5.91 Å². The van der Waals surface area contributed by atoms with Crippen LogP contribution >= 0.6 is 0 Å². The Morgan fingerprint density at radius 3 is 2.84 bits per heavy atom. The third-order valence-electron chi connectivity index (χ3n) is 3.56. The van der Waals surface area contributed by atoms with Gasteiger partial charge >= 0.3 is 0 Å². The molecule has 0 aromatic carbocycles. The molecular weight excluding hydrogens is 242 g/mol. The molecule has 1 aliphatic carbocycles. The Hall–Kier alpha value is -1.82. The summed E-state index contributed by atoms with van der Waals surface area (Å²) in [6.45, 7) is 2.88. The van der Waals surface area contributed by atoms with Crippen LogP contribution in [0.15, 0.2) is 12.1 Å². The molecule has 0 radical (unpaired) electrons. The maximum atomic E-state index is 11.1. The molecule has 1 aromatic heterocycles. The Morgan fingerprint density at radius 2 is 2.26 bits per heavy atom. The largest absolute Gasteiger partial charge is 0.396 e. The fraction of sp³-hybridized carbons (Fsp3) is 0.538. The van der Waals surface area contributed by atoms with Crippen molar-refractivity contribution < 1.29 is 4.79 Å². The first-order valence-electron chi connectivity index (χ1n) is 6.51. The van der Waals surface area contributed by atoms with Crippen molar-refractivity contribution >= 4 is 17.4 Å². The average Bonchev–Trinajstić information content (AvgIpc) is 3.20. The quantitative estimate of drug-likeness (QED) is 0.700. The number of rotatable bonds is 6. The smallest absolute Gasteiger partial charge is 0.267 e. The molecular formula is C13H21N5O.